The first-order chi connectivity index (χ1) is 13.2. The molecule has 9 nitrogen and oxygen atoms in total. The Bertz CT molecular complexity index is 961. The van der Waals surface area contributed by atoms with Gasteiger partial charge in [-0.15, -0.1) is 0 Å². The summed E-state index contributed by atoms with van der Waals surface area (Å²) in [5, 5.41) is 16.0. The number of nitro benzene ring substituents is 1. The van der Waals surface area contributed by atoms with E-state index in [4.69, 9.17) is 0 Å². The van der Waals surface area contributed by atoms with Gasteiger partial charge < -0.3 is 10.6 Å². The molecule has 1 aliphatic rings. The highest BCUT2D eigenvalue weighted by atomic mass is 127. The fourth-order valence-electron chi connectivity index (χ4n) is 2.83. The summed E-state index contributed by atoms with van der Waals surface area (Å²) in [6.07, 6.45) is 0. The number of carbonyl (C=O) groups excluding carboxylic acids is 3. The molecule has 0 spiro atoms. The summed E-state index contributed by atoms with van der Waals surface area (Å²) in [4.78, 5) is 48.4. The van der Waals surface area contributed by atoms with E-state index in [1.807, 2.05) is 12.1 Å². The summed E-state index contributed by atoms with van der Waals surface area (Å²) < 4.78 is 1.00. The molecule has 2 aromatic carbocycles. The van der Waals surface area contributed by atoms with Gasteiger partial charge in [0.2, 0.25) is 5.91 Å². The quantitative estimate of drug-likeness (QED) is 0.287. The number of nitro groups is 1. The third-order valence-corrected chi connectivity index (χ3v) is 5.08. The summed E-state index contributed by atoms with van der Waals surface area (Å²) in [7, 11) is 0. The first-order valence-corrected chi connectivity index (χ1v) is 9.23. The highest BCUT2D eigenvalue weighted by Crippen LogP contribution is 2.30. The molecule has 28 heavy (non-hydrogen) atoms. The molecule has 144 valence electrons. The van der Waals surface area contributed by atoms with Gasteiger partial charge in [-0.05, 0) is 71.5 Å². The van der Waals surface area contributed by atoms with Crippen LogP contribution in [0.3, 0.4) is 0 Å². The Hall–Kier alpha value is -3.02. The smallest absolute Gasteiger partial charge is 0.325 e. The van der Waals surface area contributed by atoms with Crippen molar-refractivity contribution in [2.45, 2.75) is 12.5 Å². The topological polar surface area (TPSA) is 122 Å². The molecule has 0 bridgehead atoms. The third-order valence-electron chi connectivity index (χ3n) is 4.36. The van der Waals surface area contributed by atoms with Crippen molar-refractivity contribution in [3.05, 3.63) is 67.8 Å². The molecule has 1 unspecified atom stereocenters. The summed E-state index contributed by atoms with van der Waals surface area (Å²) >= 11 is 2.13. The zero-order valence-corrected chi connectivity index (χ0v) is 16.8. The summed E-state index contributed by atoms with van der Waals surface area (Å²) in [6, 6.07) is 11.7. The highest BCUT2D eigenvalue weighted by molar-refractivity contribution is 14.1. The second-order valence-corrected chi connectivity index (χ2v) is 7.55. The normalized spacial score (nSPS) is 18.7. The van der Waals surface area contributed by atoms with Crippen LogP contribution in [0, 0.1) is 13.7 Å². The number of carbonyl (C=O) groups is 3. The van der Waals surface area contributed by atoms with E-state index in [1.165, 1.54) is 31.2 Å². The number of anilines is 1. The SMILES string of the molecule is CC1(c2ccc([N+](=O)[O-])cc2)NC(=O)N(CC(=O)Nc2ccc(I)cc2)C1=O. The average Bonchev–Trinajstić information content (AvgIpc) is 2.88. The number of hydrogen-bond donors (Lipinski definition) is 2. The molecule has 1 saturated heterocycles. The van der Waals surface area contributed by atoms with Gasteiger partial charge in [-0.2, -0.15) is 0 Å². The van der Waals surface area contributed by atoms with Gasteiger partial charge >= 0.3 is 6.03 Å². The molecule has 3 rings (SSSR count). The Morgan fingerprint density at radius 3 is 2.36 bits per heavy atom. The van der Waals surface area contributed by atoms with Crippen LogP contribution in [-0.2, 0) is 15.1 Å². The number of nitrogens with one attached hydrogen (secondary N) is 2. The van der Waals surface area contributed by atoms with Crippen LogP contribution in [0.1, 0.15) is 12.5 Å². The summed E-state index contributed by atoms with van der Waals surface area (Å²) in [6.45, 7) is 1.05. The molecule has 2 N–H and O–H groups in total. The minimum absolute atomic E-state index is 0.127. The van der Waals surface area contributed by atoms with Gasteiger partial charge in [0.25, 0.3) is 11.6 Å². The van der Waals surface area contributed by atoms with E-state index in [-0.39, 0.29) is 5.69 Å². The highest BCUT2D eigenvalue weighted by Gasteiger charge is 2.49. The molecular formula is C18H15IN4O5. The van der Waals surface area contributed by atoms with Gasteiger partial charge in [0.15, 0.2) is 0 Å². The van der Waals surface area contributed by atoms with Crippen LogP contribution in [0.15, 0.2) is 48.5 Å². The lowest BCUT2D eigenvalue weighted by molar-refractivity contribution is -0.384. The number of non-ortho nitro benzene ring substituents is 1. The third kappa shape index (κ3) is 3.81. The fraction of sp³-hybridized carbons (Fsp3) is 0.167. The minimum Gasteiger partial charge on any atom is -0.325 e. The van der Waals surface area contributed by atoms with Gasteiger partial charge in [0.1, 0.15) is 12.1 Å². The predicted molar refractivity (Wildman–Crippen MR) is 108 cm³/mol. The van der Waals surface area contributed by atoms with Crippen LogP contribution in [0.4, 0.5) is 16.2 Å². The van der Waals surface area contributed by atoms with E-state index in [1.54, 1.807) is 12.1 Å². The van der Waals surface area contributed by atoms with Crippen molar-refractivity contribution in [3.63, 3.8) is 0 Å². The summed E-state index contributed by atoms with van der Waals surface area (Å²) in [5.41, 5.74) is -0.597. The van der Waals surface area contributed by atoms with Crippen LogP contribution in [0.2, 0.25) is 0 Å². The van der Waals surface area contributed by atoms with E-state index < -0.39 is 34.9 Å². The number of rotatable bonds is 5. The molecule has 1 aliphatic heterocycles. The zero-order valence-electron chi connectivity index (χ0n) is 14.6. The molecule has 0 aromatic heterocycles. The molecule has 0 radical (unpaired) electrons. The Balaban J connectivity index is 1.74. The van der Waals surface area contributed by atoms with Crippen LogP contribution in [0.5, 0.6) is 0 Å². The van der Waals surface area contributed by atoms with Crippen molar-refractivity contribution in [1.29, 1.82) is 0 Å². The number of benzene rings is 2. The fourth-order valence-corrected chi connectivity index (χ4v) is 3.19. The Kier molecular flexibility index (Phi) is 5.31. The first-order valence-electron chi connectivity index (χ1n) is 8.15. The van der Waals surface area contributed by atoms with Gasteiger partial charge in [0.05, 0.1) is 4.92 Å². The van der Waals surface area contributed by atoms with Crippen molar-refractivity contribution in [3.8, 4) is 0 Å². The van der Waals surface area contributed by atoms with E-state index in [9.17, 15) is 24.5 Å². The van der Waals surface area contributed by atoms with Gasteiger partial charge in [-0.3, -0.25) is 24.6 Å². The molecule has 0 aliphatic carbocycles. The van der Waals surface area contributed by atoms with E-state index in [0.29, 0.717) is 11.3 Å². The van der Waals surface area contributed by atoms with Crippen molar-refractivity contribution in [2.75, 3.05) is 11.9 Å². The number of imide groups is 1. The molecule has 1 atom stereocenters. The number of hydrogen-bond acceptors (Lipinski definition) is 5. The molecular weight excluding hydrogens is 479 g/mol. The molecule has 4 amide bonds. The lowest BCUT2D eigenvalue weighted by Gasteiger charge is -2.22. The van der Waals surface area contributed by atoms with Crippen LogP contribution < -0.4 is 10.6 Å². The maximum absolute atomic E-state index is 12.8. The maximum atomic E-state index is 12.8. The van der Waals surface area contributed by atoms with Crippen molar-refractivity contribution in [1.82, 2.24) is 10.2 Å². The van der Waals surface area contributed by atoms with Crippen LogP contribution >= 0.6 is 22.6 Å². The minimum atomic E-state index is -1.41. The number of urea groups is 1. The van der Waals surface area contributed by atoms with E-state index in [2.05, 4.69) is 33.2 Å². The van der Waals surface area contributed by atoms with Gasteiger partial charge in [-0.1, -0.05) is 0 Å². The maximum Gasteiger partial charge on any atom is 0.325 e. The van der Waals surface area contributed by atoms with E-state index >= 15 is 0 Å². The van der Waals surface area contributed by atoms with Crippen molar-refractivity contribution < 1.29 is 19.3 Å². The second kappa shape index (κ2) is 7.54. The van der Waals surface area contributed by atoms with Crippen molar-refractivity contribution >= 4 is 51.8 Å². The van der Waals surface area contributed by atoms with Crippen LogP contribution in [-0.4, -0.2) is 34.2 Å². The summed E-state index contributed by atoms with van der Waals surface area (Å²) in [5.74, 6) is -1.12. The Morgan fingerprint density at radius 1 is 1.18 bits per heavy atom. The lowest BCUT2D eigenvalue weighted by atomic mass is 9.92. The molecule has 2 aromatic rings. The Morgan fingerprint density at radius 2 is 1.79 bits per heavy atom. The van der Waals surface area contributed by atoms with Crippen molar-refractivity contribution in [2.24, 2.45) is 0 Å². The number of amides is 4. The second-order valence-electron chi connectivity index (χ2n) is 6.31. The molecule has 10 heteroatoms. The largest absolute Gasteiger partial charge is 0.325 e. The molecule has 0 saturated carbocycles. The number of halogens is 1. The first kappa shape index (κ1) is 19.7. The predicted octanol–water partition coefficient (Wildman–Crippen LogP) is 2.61. The molecule has 1 heterocycles. The van der Waals surface area contributed by atoms with Crippen LogP contribution in [0.25, 0.3) is 0 Å². The average molecular weight is 494 g/mol. The van der Waals surface area contributed by atoms with Gasteiger partial charge in [-0.25, -0.2) is 4.79 Å². The monoisotopic (exact) mass is 494 g/mol. The zero-order chi connectivity index (χ0) is 20.5. The number of nitrogens with zero attached hydrogens (tertiary/aromatic N) is 2. The van der Waals surface area contributed by atoms with Gasteiger partial charge in [0, 0.05) is 21.4 Å². The standard InChI is InChI=1S/C18H15IN4O5/c1-18(11-2-8-14(9-3-11)23(27)28)16(25)22(17(26)21-18)10-15(24)20-13-6-4-12(19)5-7-13/h2-9H,10H2,1H3,(H,20,24)(H,21,26). The van der Waals surface area contributed by atoms with E-state index in [0.717, 1.165) is 8.47 Å². The lowest BCUT2D eigenvalue weighted by Crippen LogP contribution is -2.42. The Labute approximate surface area is 173 Å². The molecule has 1 fully saturated rings.